The van der Waals surface area contributed by atoms with Crippen LogP contribution in [0.4, 0.5) is 0 Å². The van der Waals surface area contributed by atoms with Crippen molar-refractivity contribution >= 4 is 0 Å². The van der Waals surface area contributed by atoms with Crippen LogP contribution >= 0.6 is 0 Å². The molecule has 4 aromatic rings. The van der Waals surface area contributed by atoms with Crippen molar-refractivity contribution in [3.63, 3.8) is 0 Å². The summed E-state index contributed by atoms with van der Waals surface area (Å²) < 4.78 is 12.5. The van der Waals surface area contributed by atoms with Crippen molar-refractivity contribution in [1.29, 1.82) is 0 Å². The predicted octanol–water partition coefficient (Wildman–Crippen LogP) is 6.51. The molecule has 4 rings (SSSR count). The minimum absolute atomic E-state index is 0.564. The van der Waals surface area contributed by atoms with Crippen molar-refractivity contribution in [2.75, 3.05) is 0 Å². The monoisotopic (exact) mass is 352 g/mol. The van der Waals surface area contributed by atoms with Crippen molar-refractivity contribution in [2.24, 2.45) is 0 Å². The summed E-state index contributed by atoms with van der Waals surface area (Å²) in [5.74, 6) is 1.53. The summed E-state index contributed by atoms with van der Waals surface area (Å²) in [7, 11) is 0. The van der Waals surface area contributed by atoms with E-state index in [-0.39, 0.29) is 0 Å². The molecule has 0 saturated heterocycles. The Labute approximate surface area is 159 Å². The maximum Gasteiger partial charge on any atom is 0.268 e. The third-order valence-corrected chi connectivity index (χ3v) is 4.27. The highest BCUT2D eigenvalue weighted by molar-refractivity contribution is 5.67. The predicted molar refractivity (Wildman–Crippen MR) is 109 cm³/mol. The van der Waals surface area contributed by atoms with E-state index in [9.17, 15) is 0 Å². The lowest BCUT2D eigenvalue weighted by molar-refractivity contribution is 0.00428. The Morgan fingerprint density at radius 1 is 0.444 bits per heavy atom. The highest BCUT2D eigenvalue weighted by atomic mass is 16.7. The van der Waals surface area contributed by atoms with E-state index in [1.54, 1.807) is 0 Å². The van der Waals surface area contributed by atoms with Gasteiger partial charge in [-0.15, -0.1) is 0 Å². The van der Waals surface area contributed by atoms with Gasteiger partial charge in [-0.25, -0.2) is 0 Å². The van der Waals surface area contributed by atoms with Gasteiger partial charge in [-0.1, -0.05) is 91.0 Å². The SMILES string of the molecule is c1ccc(OC(Oc2ccccc2)c2ccccc2-c2ccccc2)cc1. The lowest BCUT2D eigenvalue weighted by atomic mass is 9.99. The molecule has 4 aromatic carbocycles. The molecule has 0 fully saturated rings. The number of hydrogen-bond acceptors (Lipinski definition) is 2. The third kappa shape index (κ3) is 4.18. The first kappa shape index (κ1) is 16.9. The van der Waals surface area contributed by atoms with E-state index in [2.05, 4.69) is 24.3 Å². The summed E-state index contributed by atoms with van der Waals surface area (Å²) in [6.07, 6.45) is -0.564. The highest BCUT2D eigenvalue weighted by Crippen LogP contribution is 2.32. The molecule has 0 aliphatic rings. The zero-order valence-electron chi connectivity index (χ0n) is 14.9. The van der Waals surface area contributed by atoms with Gasteiger partial charge in [0.05, 0.1) is 0 Å². The van der Waals surface area contributed by atoms with Crippen LogP contribution in [-0.4, -0.2) is 0 Å². The first-order valence-corrected chi connectivity index (χ1v) is 8.98. The zero-order chi connectivity index (χ0) is 18.3. The van der Waals surface area contributed by atoms with Gasteiger partial charge >= 0.3 is 0 Å². The number of rotatable bonds is 6. The van der Waals surface area contributed by atoms with Crippen molar-refractivity contribution in [2.45, 2.75) is 6.29 Å². The Morgan fingerprint density at radius 2 is 0.889 bits per heavy atom. The third-order valence-electron chi connectivity index (χ3n) is 4.27. The molecule has 0 saturated carbocycles. The Kier molecular flexibility index (Phi) is 5.16. The van der Waals surface area contributed by atoms with Crippen LogP contribution in [0, 0.1) is 0 Å². The van der Waals surface area contributed by atoms with E-state index in [4.69, 9.17) is 9.47 Å². The highest BCUT2D eigenvalue weighted by Gasteiger charge is 2.20. The van der Waals surface area contributed by atoms with Gasteiger partial charge in [-0.3, -0.25) is 0 Å². The summed E-state index contributed by atoms with van der Waals surface area (Å²) in [6.45, 7) is 0. The smallest absolute Gasteiger partial charge is 0.268 e. The molecule has 0 bridgehead atoms. The van der Waals surface area contributed by atoms with Crippen LogP contribution < -0.4 is 9.47 Å². The van der Waals surface area contributed by atoms with Gasteiger partial charge in [-0.05, 0) is 35.4 Å². The maximum atomic E-state index is 6.24. The van der Waals surface area contributed by atoms with E-state index in [1.807, 2.05) is 91.0 Å². The summed E-state index contributed by atoms with van der Waals surface area (Å²) in [5.41, 5.74) is 3.21. The second kappa shape index (κ2) is 8.24. The van der Waals surface area contributed by atoms with Crippen LogP contribution in [0.2, 0.25) is 0 Å². The van der Waals surface area contributed by atoms with E-state index in [1.165, 1.54) is 0 Å². The molecule has 0 aromatic heterocycles. The van der Waals surface area contributed by atoms with Crippen molar-refractivity contribution in [1.82, 2.24) is 0 Å². The summed E-state index contributed by atoms with van der Waals surface area (Å²) in [6, 6.07) is 38.0. The average Bonchev–Trinajstić information content (AvgIpc) is 2.75. The normalized spacial score (nSPS) is 10.6. The zero-order valence-corrected chi connectivity index (χ0v) is 14.9. The van der Waals surface area contributed by atoms with Gasteiger partial charge in [0.25, 0.3) is 6.29 Å². The molecule has 0 atom stereocenters. The summed E-state index contributed by atoms with van der Waals surface area (Å²) in [4.78, 5) is 0. The molecule has 2 heteroatoms. The minimum Gasteiger partial charge on any atom is -0.451 e. The van der Waals surface area contributed by atoms with E-state index >= 15 is 0 Å². The fourth-order valence-corrected chi connectivity index (χ4v) is 2.98. The van der Waals surface area contributed by atoms with E-state index < -0.39 is 6.29 Å². The molecule has 0 aliphatic heterocycles. The van der Waals surface area contributed by atoms with Crippen molar-refractivity contribution < 1.29 is 9.47 Å². The van der Waals surface area contributed by atoms with Gasteiger partial charge in [0.2, 0.25) is 0 Å². The van der Waals surface area contributed by atoms with Crippen molar-refractivity contribution in [3.05, 3.63) is 121 Å². The van der Waals surface area contributed by atoms with Gasteiger partial charge in [0.15, 0.2) is 0 Å². The first-order valence-electron chi connectivity index (χ1n) is 8.98. The second-order valence-corrected chi connectivity index (χ2v) is 6.15. The van der Waals surface area contributed by atoms with E-state index in [0.717, 1.165) is 28.2 Å². The van der Waals surface area contributed by atoms with Gasteiger partial charge < -0.3 is 9.47 Å². The molecule has 0 radical (unpaired) electrons. The number of hydrogen-bond donors (Lipinski definition) is 0. The molecule has 2 nitrogen and oxygen atoms in total. The Hall–Kier alpha value is -3.52. The molecule has 0 spiro atoms. The minimum atomic E-state index is -0.564. The molecular weight excluding hydrogens is 332 g/mol. The number of benzene rings is 4. The maximum absolute atomic E-state index is 6.24. The van der Waals surface area contributed by atoms with Crippen LogP contribution in [-0.2, 0) is 0 Å². The lowest BCUT2D eigenvalue weighted by Gasteiger charge is -2.23. The van der Waals surface area contributed by atoms with Crippen LogP contribution in [0.15, 0.2) is 115 Å². The molecule has 132 valence electrons. The van der Waals surface area contributed by atoms with E-state index in [0.29, 0.717) is 0 Å². The van der Waals surface area contributed by atoms with Gasteiger partial charge in [-0.2, -0.15) is 0 Å². The van der Waals surface area contributed by atoms with Crippen LogP contribution in [0.3, 0.4) is 0 Å². The molecule has 0 unspecified atom stereocenters. The standard InChI is InChI=1S/C25H20O2/c1-4-12-20(13-5-1)23-18-10-11-19-24(23)25(26-21-14-6-2-7-15-21)27-22-16-8-3-9-17-22/h1-19,25H. The molecular formula is C25H20O2. The van der Waals surface area contributed by atoms with Crippen molar-refractivity contribution in [3.8, 4) is 22.6 Å². The van der Waals surface area contributed by atoms with Crippen LogP contribution in [0.5, 0.6) is 11.5 Å². The Morgan fingerprint density at radius 3 is 1.44 bits per heavy atom. The molecule has 27 heavy (non-hydrogen) atoms. The van der Waals surface area contributed by atoms with Gasteiger partial charge in [0.1, 0.15) is 11.5 Å². The Balaban J connectivity index is 1.74. The van der Waals surface area contributed by atoms with Crippen LogP contribution in [0.25, 0.3) is 11.1 Å². The Bertz CT molecular complexity index is 925. The largest absolute Gasteiger partial charge is 0.451 e. The quantitative estimate of drug-likeness (QED) is 0.368. The topological polar surface area (TPSA) is 18.5 Å². The number of ether oxygens (including phenoxy) is 2. The molecule has 0 heterocycles. The summed E-state index contributed by atoms with van der Waals surface area (Å²) in [5, 5.41) is 0. The summed E-state index contributed by atoms with van der Waals surface area (Å²) >= 11 is 0. The molecule has 0 N–H and O–H groups in total. The fraction of sp³-hybridized carbons (Fsp3) is 0.0400. The molecule has 0 aliphatic carbocycles. The average molecular weight is 352 g/mol. The lowest BCUT2D eigenvalue weighted by Crippen LogP contribution is -2.16. The van der Waals surface area contributed by atoms with Gasteiger partial charge in [0, 0.05) is 5.56 Å². The van der Waals surface area contributed by atoms with Crippen LogP contribution in [0.1, 0.15) is 11.9 Å². The fourth-order valence-electron chi connectivity index (χ4n) is 2.98. The number of para-hydroxylation sites is 2. The molecule has 0 amide bonds. The second-order valence-electron chi connectivity index (χ2n) is 6.15. The first-order chi connectivity index (χ1) is 13.4.